The first-order valence-corrected chi connectivity index (χ1v) is 6.93. The van der Waals surface area contributed by atoms with E-state index in [1.165, 1.54) is 9.80 Å². The monoisotopic (exact) mass is 294 g/mol. The Hall–Kier alpha value is -2.08. The molecule has 0 radical (unpaired) electrons. The van der Waals surface area contributed by atoms with Gasteiger partial charge in [-0.3, -0.25) is 9.69 Å². The Bertz CT molecular complexity index is 450. The number of hydrogen-bond acceptors (Lipinski definition) is 3. The third-order valence-corrected chi connectivity index (χ3v) is 2.95. The maximum Gasteiger partial charge on any atom is 0.324 e. The fraction of sp³-hybridized carbons (Fsp3) is 0.467. The van der Waals surface area contributed by atoms with Gasteiger partial charge in [0.2, 0.25) is 0 Å². The molecule has 0 heterocycles. The van der Waals surface area contributed by atoms with Gasteiger partial charge in [-0.25, -0.2) is 4.79 Å². The molecule has 1 aromatic rings. The molecule has 0 unspecified atom stereocenters. The Morgan fingerprint density at radius 1 is 1.19 bits per heavy atom. The summed E-state index contributed by atoms with van der Waals surface area (Å²) in [5, 5.41) is 8.83. The molecular weight excluding hydrogens is 272 g/mol. The number of carbonyl (C=O) groups is 2. The molecule has 1 aromatic carbocycles. The predicted molar refractivity (Wildman–Crippen MR) is 80.6 cm³/mol. The highest BCUT2D eigenvalue weighted by atomic mass is 16.5. The number of carboxylic acids is 1. The molecule has 0 aliphatic heterocycles. The molecule has 0 saturated carbocycles. The zero-order chi connectivity index (χ0) is 15.7. The van der Waals surface area contributed by atoms with Crippen LogP contribution < -0.4 is 4.90 Å². The van der Waals surface area contributed by atoms with Gasteiger partial charge in [0, 0.05) is 32.4 Å². The summed E-state index contributed by atoms with van der Waals surface area (Å²) in [5.41, 5.74) is 0.687. The van der Waals surface area contributed by atoms with Gasteiger partial charge < -0.3 is 14.7 Å². The number of ether oxygens (including phenoxy) is 1. The van der Waals surface area contributed by atoms with Crippen molar-refractivity contribution in [2.45, 2.75) is 13.3 Å². The van der Waals surface area contributed by atoms with Crippen molar-refractivity contribution in [3.63, 3.8) is 0 Å². The van der Waals surface area contributed by atoms with Crippen LogP contribution in [-0.4, -0.2) is 55.4 Å². The number of anilines is 1. The van der Waals surface area contributed by atoms with Crippen LogP contribution in [0.4, 0.5) is 10.5 Å². The molecule has 0 aliphatic rings. The number of para-hydroxylation sites is 1. The molecule has 1 rings (SSSR count). The van der Waals surface area contributed by atoms with Crippen LogP contribution in [0.15, 0.2) is 30.3 Å². The van der Waals surface area contributed by atoms with Gasteiger partial charge in [-0.15, -0.1) is 0 Å². The zero-order valence-corrected chi connectivity index (χ0v) is 12.5. The second-order valence-corrected chi connectivity index (χ2v) is 4.53. The van der Waals surface area contributed by atoms with Crippen molar-refractivity contribution < 1.29 is 19.4 Å². The van der Waals surface area contributed by atoms with Crippen LogP contribution in [0.1, 0.15) is 13.3 Å². The van der Waals surface area contributed by atoms with Crippen LogP contribution in [0.3, 0.4) is 0 Å². The Morgan fingerprint density at radius 3 is 2.43 bits per heavy atom. The maximum absolute atomic E-state index is 12.5. The number of amides is 2. The van der Waals surface area contributed by atoms with E-state index in [1.54, 1.807) is 19.2 Å². The fourth-order valence-corrected chi connectivity index (χ4v) is 1.80. The van der Waals surface area contributed by atoms with Crippen LogP contribution in [0.25, 0.3) is 0 Å². The van der Waals surface area contributed by atoms with E-state index in [2.05, 4.69) is 0 Å². The van der Waals surface area contributed by atoms with E-state index in [9.17, 15) is 9.59 Å². The number of carbonyl (C=O) groups excluding carboxylic acids is 1. The van der Waals surface area contributed by atoms with Crippen molar-refractivity contribution in [1.29, 1.82) is 0 Å². The number of aliphatic carboxylic acids is 1. The van der Waals surface area contributed by atoms with Gasteiger partial charge in [0.05, 0.1) is 13.0 Å². The minimum Gasteiger partial charge on any atom is -0.481 e. The smallest absolute Gasteiger partial charge is 0.324 e. The third-order valence-electron chi connectivity index (χ3n) is 2.95. The highest BCUT2D eigenvalue weighted by Crippen LogP contribution is 2.15. The minimum absolute atomic E-state index is 0.0973. The number of hydrogen-bond donors (Lipinski definition) is 1. The lowest BCUT2D eigenvalue weighted by Crippen LogP contribution is -2.43. The highest BCUT2D eigenvalue weighted by Gasteiger charge is 2.20. The molecule has 0 aliphatic carbocycles. The zero-order valence-electron chi connectivity index (χ0n) is 12.5. The van der Waals surface area contributed by atoms with Gasteiger partial charge in [-0.2, -0.15) is 0 Å². The number of rotatable bonds is 8. The second kappa shape index (κ2) is 8.97. The van der Waals surface area contributed by atoms with Crippen molar-refractivity contribution in [1.82, 2.24) is 4.90 Å². The number of carboxylic acid groups (broad SMARTS) is 1. The lowest BCUT2D eigenvalue weighted by Gasteiger charge is -2.28. The number of urea groups is 1. The fourth-order valence-electron chi connectivity index (χ4n) is 1.80. The molecule has 2 amide bonds. The summed E-state index contributed by atoms with van der Waals surface area (Å²) in [4.78, 5) is 26.2. The summed E-state index contributed by atoms with van der Waals surface area (Å²) >= 11 is 0. The van der Waals surface area contributed by atoms with Crippen LogP contribution in [0, 0.1) is 0 Å². The van der Waals surface area contributed by atoms with Crippen molar-refractivity contribution in [3.05, 3.63) is 30.3 Å². The largest absolute Gasteiger partial charge is 0.481 e. The standard InChI is InChI=1S/C15H22N2O4/c1-3-21-12-11-16(2)15(20)17(10-9-14(18)19)13-7-5-4-6-8-13/h4-8H,3,9-12H2,1-2H3,(H,18,19). The van der Waals surface area contributed by atoms with E-state index in [1.807, 2.05) is 25.1 Å². The summed E-state index contributed by atoms with van der Waals surface area (Å²) in [6.45, 7) is 3.55. The molecular formula is C15H22N2O4. The summed E-state index contributed by atoms with van der Waals surface area (Å²) < 4.78 is 5.23. The van der Waals surface area contributed by atoms with Gasteiger partial charge in [0.1, 0.15) is 0 Å². The third kappa shape index (κ3) is 5.83. The van der Waals surface area contributed by atoms with E-state index in [-0.39, 0.29) is 19.0 Å². The first-order valence-electron chi connectivity index (χ1n) is 6.93. The number of benzene rings is 1. The molecule has 21 heavy (non-hydrogen) atoms. The molecule has 6 nitrogen and oxygen atoms in total. The van der Waals surface area contributed by atoms with Crippen LogP contribution >= 0.6 is 0 Å². The lowest BCUT2D eigenvalue weighted by atomic mass is 10.2. The Kier molecular flexibility index (Phi) is 7.25. The highest BCUT2D eigenvalue weighted by molar-refractivity contribution is 5.92. The summed E-state index contributed by atoms with van der Waals surface area (Å²) in [7, 11) is 1.68. The Morgan fingerprint density at radius 2 is 1.86 bits per heavy atom. The molecule has 6 heteroatoms. The van der Waals surface area contributed by atoms with Crippen LogP contribution in [0.5, 0.6) is 0 Å². The van der Waals surface area contributed by atoms with E-state index in [0.29, 0.717) is 25.4 Å². The second-order valence-electron chi connectivity index (χ2n) is 4.53. The van der Waals surface area contributed by atoms with Gasteiger partial charge in [0.15, 0.2) is 0 Å². The maximum atomic E-state index is 12.5. The average molecular weight is 294 g/mol. The molecule has 0 atom stereocenters. The predicted octanol–water partition coefficient (Wildman–Crippen LogP) is 2.06. The van der Waals surface area contributed by atoms with E-state index in [4.69, 9.17) is 9.84 Å². The van der Waals surface area contributed by atoms with Crippen molar-refractivity contribution >= 4 is 17.7 Å². The van der Waals surface area contributed by atoms with Crippen molar-refractivity contribution in [3.8, 4) is 0 Å². The van der Waals surface area contributed by atoms with Gasteiger partial charge in [0.25, 0.3) is 0 Å². The van der Waals surface area contributed by atoms with Gasteiger partial charge in [-0.1, -0.05) is 18.2 Å². The molecule has 0 bridgehead atoms. The normalized spacial score (nSPS) is 10.2. The Labute approximate surface area is 124 Å². The van der Waals surface area contributed by atoms with Crippen molar-refractivity contribution in [2.75, 3.05) is 38.3 Å². The molecule has 0 fully saturated rings. The number of likely N-dealkylation sites (N-methyl/N-ethyl adjacent to an activating group) is 1. The quantitative estimate of drug-likeness (QED) is 0.745. The molecule has 0 saturated heterocycles. The van der Waals surface area contributed by atoms with E-state index >= 15 is 0 Å². The SMILES string of the molecule is CCOCCN(C)C(=O)N(CCC(=O)O)c1ccccc1. The summed E-state index contributed by atoms with van der Waals surface area (Å²) in [6.07, 6.45) is -0.0973. The van der Waals surface area contributed by atoms with Gasteiger partial charge in [-0.05, 0) is 19.1 Å². The summed E-state index contributed by atoms with van der Waals surface area (Å²) in [6, 6.07) is 8.82. The van der Waals surface area contributed by atoms with Crippen molar-refractivity contribution in [2.24, 2.45) is 0 Å². The minimum atomic E-state index is -0.930. The number of nitrogens with zero attached hydrogens (tertiary/aromatic N) is 2. The molecule has 116 valence electrons. The molecule has 1 N–H and O–H groups in total. The molecule has 0 spiro atoms. The van der Waals surface area contributed by atoms with Crippen LogP contribution in [0.2, 0.25) is 0 Å². The molecule has 0 aromatic heterocycles. The average Bonchev–Trinajstić information content (AvgIpc) is 2.48. The van der Waals surface area contributed by atoms with Crippen LogP contribution in [-0.2, 0) is 9.53 Å². The van der Waals surface area contributed by atoms with E-state index < -0.39 is 5.97 Å². The topological polar surface area (TPSA) is 70.1 Å². The first-order chi connectivity index (χ1) is 10.1. The summed E-state index contributed by atoms with van der Waals surface area (Å²) in [5.74, 6) is -0.930. The van der Waals surface area contributed by atoms with Gasteiger partial charge >= 0.3 is 12.0 Å². The van der Waals surface area contributed by atoms with E-state index in [0.717, 1.165) is 0 Å². The first kappa shape index (κ1) is 17.0. The Balaban J connectivity index is 2.75. The lowest BCUT2D eigenvalue weighted by molar-refractivity contribution is -0.136.